The molecule has 0 saturated carbocycles. The summed E-state index contributed by atoms with van der Waals surface area (Å²) in [5.74, 6) is 0.519. The minimum Gasteiger partial charge on any atom is -0.299 e. The minimum absolute atomic E-state index is 0.154. The van der Waals surface area contributed by atoms with Crippen molar-refractivity contribution >= 4 is 29.0 Å². The number of pyridine rings is 1. The van der Waals surface area contributed by atoms with Crippen molar-refractivity contribution in [3.8, 4) is 0 Å². The summed E-state index contributed by atoms with van der Waals surface area (Å²) in [6, 6.07) is 1.61. The first-order valence-corrected chi connectivity index (χ1v) is 5.56. The Labute approximate surface area is 99.6 Å². The molecule has 0 fully saturated rings. The van der Waals surface area contributed by atoms with E-state index in [1.54, 1.807) is 6.07 Å². The number of rotatable bonds is 4. The van der Waals surface area contributed by atoms with E-state index in [0.29, 0.717) is 28.1 Å². The van der Waals surface area contributed by atoms with Gasteiger partial charge in [0.2, 0.25) is 0 Å². The van der Waals surface area contributed by atoms with Gasteiger partial charge in [0, 0.05) is 12.6 Å². The van der Waals surface area contributed by atoms with Gasteiger partial charge in [-0.25, -0.2) is 0 Å². The topological polar surface area (TPSA) is 30.0 Å². The summed E-state index contributed by atoms with van der Waals surface area (Å²) in [7, 11) is 0. The molecule has 0 aliphatic heterocycles. The first-order chi connectivity index (χ1) is 6.99. The molecule has 0 aliphatic rings. The maximum absolute atomic E-state index is 11.5. The van der Waals surface area contributed by atoms with Gasteiger partial charge in [-0.15, -0.1) is 0 Å². The van der Waals surface area contributed by atoms with Crippen molar-refractivity contribution in [2.45, 2.75) is 26.7 Å². The molecule has 0 N–H and O–H groups in total. The Kier molecular flexibility index (Phi) is 4.55. The molecule has 0 atom stereocenters. The van der Waals surface area contributed by atoms with Crippen LogP contribution in [-0.4, -0.2) is 10.8 Å². The van der Waals surface area contributed by atoms with Gasteiger partial charge in [0.1, 0.15) is 5.78 Å². The first-order valence-electron chi connectivity index (χ1n) is 4.80. The lowest BCUT2D eigenvalue weighted by Gasteiger charge is -2.05. The molecule has 0 spiro atoms. The van der Waals surface area contributed by atoms with Gasteiger partial charge in [-0.3, -0.25) is 9.78 Å². The van der Waals surface area contributed by atoms with Crippen molar-refractivity contribution in [2.75, 3.05) is 0 Å². The molecule has 1 heterocycles. The molecule has 0 amide bonds. The van der Waals surface area contributed by atoms with Crippen molar-refractivity contribution in [3.63, 3.8) is 0 Å². The summed E-state index contributed by atoms with van der Waals surface area (Å²) in [6.45, 7) is 4.02. The quantitative estimate of drug-likeness (QED) is 0.813. The summed E-state index contributed by atoms with van der Waals surface area (Å²) < 4.78 is 0. The van der Waals surface area contributed by atoms with Gasteiger partial charge in [-0.1, -0.05) is 37.0 Å². The smallest absolute Gasteiger partial charge is 0.139 e. The molecule has 0 unspecified atom stereocenters. The van der Waals surface area contributed by atoms with Crippen molar-refractivity contribution < 1.29 is 4.79 Å². The number of halogens is 2. The zero-order valence-corrected chi connectivity index (χ0v) is 10.3. The van der Waals surface area contributed by atoms with Crippen LogP contribution in [0.1, 0.15) is 26.0 Å². The van der Waals surface area contributed by atoms with Gasteiger partial charge in [0.25, 0.3) is 0 Å². The van der Waals surface area contributed by atoms with Crippen molar-refractivity contribution in [3.05, 3.63) is 28.0 Å². The molecule has 1 rings (SSSR count). The highest BCUT2D eigenvalue weighted by Crippen LogP contribution is 2.19. The van der Waals surface area contributed by atoms with Gasteiger partial charge >= 0.3 is 0 Å². The second-order valence-electron chi connectivity index (χ2n) is 3.90. The Bertz CT molecular complexity index is 364. The predicted molar refractivity (Wildman–Crippen MR) is 62.4 cm³/mol. The summed E-state index contributed by atoms with van der Waals surface area (Å²) >= 11 is 11.6. The van der Waals surface area contributed by atoms with Crippen LogP contribution in [0, 0.1) is 5.92 Å². The molecule has 0 aliphatic carbocycles. The van der Waals surface area contributed by atoms with E-state index in [4.69, 9.17) is 23.2 Å². The molecule has 2 nitrogen and oxygen atoms in total. The Balaban J connectivity index is 2.68. The van der Waals surface area contributed by atoms with Gasteiger partial charge in [-0.2, -0.15) is 0 Å². The normalized spacial score (nSPS) is 10.7. The van der Waals surface area contributed by atoms with E-state index in [1.165, 1.54) is 6.20 Å². The van der Waals surface area contributed by atoms with E-state index in [1.807, 2.05) is 13.8 Å². The molecule has 0 radical (unpaired) electrons. The van der Waals surface area contributed by atoms with E-state index >= 15 is 0 Å². The average Bonchev–Trinajstić information content (AvgIpc) is 2.08. The van der Waals surface area contributed by atoms with Gasteiger partial charge < -0.3 is 0 Å². The van der Waals surface area contributed by atoms with Crippen LogP contribution < -0.4 is 0 Å². The fourth-order valence-corrected chi connectivity index (χ4v) is 1.73. The fraction of sp³-hybridized carbons (Fsp3) is 0.455. The van der Waals surface area contributed by atoms with Gasteiger partial charge in [-0.05, 0) is 12.0 Å². The average molecular weight is 246 g/mol. The molecule has 4 heteroatoms. The molecule has 82 valence electrons. The fourth-order valence-electron chi connectivity index (χ4n) is 1.29. The Morgan fingerprint density at radius 3 is 2.67 bits per heavy atom. The van der Waals surface area contributed by atoms with Gasteiger partial charge in [0.15, 0.2) is 0 Å². The lowest BCUT2D eigenvalue weighted by molar-refractivity contribution is -0.119. The molecule has 15 heavy (non-hydrogen) atoms. The summed E-state index contributed by atoms with van der Waals surface area (Å²) in [6.07, 6.45) is 2.35. The second kappa shape index (κ2) is 5.47. The minimum atomic E-state index is 0.154. The predicted octanol–water partition coefficient (Wildman–Crippen LogP) is 3.55. The maximum atomic E-state index is 11.5. The number of carbonyl (C=O) groups is 1. The molecule has 0 saturated heterocycles. The summed E-state index contributed by atoms with van der Waals surface area (Å²) in [5, 5.41) is 0.944. The molecule has 1 aromatic rings. The van der Waals surface area contributed by atoms with Gasteiger partial charge in [0.05, 0.1) is 22.2 Å². The van der Waals surface area contributed by atoms with E-state index in [-0.39, 0.29) is 12.2 Å². The van der Waals surface area contributed by atoms with Crippen LogP contribution in [0.25, 0.3) is 0 Å². The summed E-state index contributed by atoms with van der Waals surface area (Å²) in [4.78, 5) is 15.6. The largest absolute Gasteiger partial charge is 0.299 e. The molecular weight excluding hydrogens is 233 g/mol. The summed E-state index contributed by atoms with van der Waals surface area (Å²) in [5.41, 5.74) is 0.603. The van der Waals surface area contributed by atoms with Crippen molar-refractivity contribution in [1.82, 2.24) is 4.98 Å². The van der Waals surface area contributed by atoms with Crippen molar-refractivity contribution in [1.29, 1.82) is 0 Å². The van der Waals surface area contributed by atoms with Crippen LogP contribution in [0.5, 0.6) is 0 Å². The van der Waals surface area contributed by atoms with E-state index in [9.17, 15) is 4.79 Å². The monoisotopic (exact) mass is 245 g/mol. The number of aromatic nitrogens is 1. The van der Waals surface area contributed by atoms with Crippen LogP contribution in [0.3, 0.4) is 0 Å². The van der Waals surface area contributed by atoms with Crippen LogP contribution in [-0.2, 0) is 11.2 Å². The molecule has 0 aromatic carbocycles. The van der Waals surface area contributed by atoms with E-state index < -0.39 is 0 Å². The number of hydrogen-bond donors (Lipinski definition) is 0. The number of nitrogens with zero attached hydrogens (tertiary/aromatic N) is 1. The Hall–Kier alpha value is -0.600. The molecule has 1 aromatic heterocycles. The second-order valence-corrected chi connectivity index (χ2v) is 4.74. The van der Waals surface area contributed by atoms with E-state index in [2.05, 4.69) is 4.98 Å². The standard InChI is InChI=1S/C11H13Cl2NO/c1-7(2)3-9(15)5-11-10(13)4-8(12)6-14-11/h4,6-7H,3,5H2,1-2H3. The number of ketones is 1. The highest BCUT2D eigenvalue weighted by Gasteiger charge is 2.10. The van der Waals surface area contributed by atoms with Crippen LogP contribution in [0.15, 0.2) is 12.3 Å². The lowest BCUT2D eigenvalue weighted by atomic mass is 10.0. The van der Waals surface area contributed by atoms with Crippen molar-refractivity contribution in [2.24, 2.45) is 5.92 Å². The number of Topliss-reactive ketones (excluding diaryl/α,β-unsaturated/α-hetero) is 1. The number of carbonyl (C=O) groups excluding carboxylic acids is 1. The molecule has 0 bridgehead atoms. The SMILES string of the molecule is CC(C)CC(=O)Cc1ncc(Cl)cc1Cl. The Morgan fingerprint density at radius 2 is 2.13 bits per heavy atom. The Morgan fingerprint density at radius 1 is 1.47 bits per heavy atom. The number of hydrogen-bond acceptors (Lipinski definition) is 2. The third-order valence-corrected chi connectivity index (χ3v) is 2.42. The van der Waals surface area contributed by atoms with Crippen LogP contribution >= 0.6 is 23.2 Å². The third-order valence-electron chi connectivity index (χ3n) is 1.88. The zero-order chi connectivity index (χ0) is 11.4. The first kappa shape index (κ1) is 12.5. The third kappa shape index (κ3) is 4.18. The molecular formula is C11H13Cl2NO. The van der Waals surface area contributed by atoms with E-state index in [0.717, 1.165) is 0 Å². The lowest BCUT2D eigenvalue weighted by Crippen LogP contribution is -2.07. The van der Waals surface area contributed by atoms with Crippen LogP contribution in [0.2, 0.25) is 10.0 Å². The zero-order valence-electron chi connectivity index (χ0n) is 8.76. The highest BCUT2D eigenvalue weighted by atomic mass is 35.5. The van der Waals surface area contributed by atoms with Crippen LogP contribution in [0.4, 0.5) is 0 Å². The maximum Gasteiger partial charge on any atom is 0.139 e. The highest BCUT2D eigenvalue weighted by molar-refractivity contribution is 6.34.